The van der Waals surface area contributed by atoms with Crippen LogP contribution in [0.2, 0.25) is 5.02 Å². The Hall–Kier alpha value is -3.38. The summed E-state index contributed by atoms with van der Waals surface area (Å²) in [7, 11) is 1.39. The molecule has 40 heavy (non-hydrogen) atoms. The molecule has 0 radical (unpaired) electrons. The molecular formula is C28H36ClFN4O5S. The van der Waals surface area contributed by atoms with Gasteiger partial charge in [-0.1, -0.05) is 29.8 Å². The van der Waals surface area contributed by atoms with E-state index in [-0.39, 0.29) is 11.8 Å². The van der Waals surface area contributed by atoms with Crippen LogP contribution in [0.25, 0.3) is 0 Å². The van der Waals surface area contributed by atoms with Crippen molar-refractivity contribution >= 4 is 40.7 Å². The number of amidine groups is 1. The van der Waals surface area contributed by atoms with Crippen LogP contribution in [0.3, 0.4) is 0 Å². The minimum Gasteiger partial charge on any atom is -0.478 e. The first-order valence-electron chi connectivity index (χ1n) is 12.2. The number of rotatable bonds is 5. The minimum absolute atomic E-state index is 0.294. The fourth-order valence-electron chi connectivity index (χ4n) is 2.98. The molecule has 0 unspecified atom stereocenters. The Labute approximate surface area is 243 Å². The second-order valence-electron chi connectivity index (χ2n) is 8.61. The third-order valence-corrected chi connectivity index (χ3v) is 5.93. The Balaban J connectivity index is 0.000000384. The van der Waals surface area contributed by atoms with Gasteiger partial charge in [0.15, 0.2) is 10.8 Å². The van der Waals surface area contributed by atoms with Crippen molar-refractivity contribution in [3.8, 4) is 0 Å². The van der Waals surface area contributed by atoms with E-state index in [1.807, 2.05) is 26.2 Å². The molecule has 2 aromatic rings. The molecular weight excluding hydrogens is 559 g/mol. The number of aromatic nitrogens is 1. The second kappa shape index (κ2) is 18.8. The van der Waals surface area contributed by atoms with E-state index >= 15 is 0 Å². The van der Waals surface area contributed by atoms with Gasteiger partial charge in [-0.2, -0.15) is 0 Å². The Morgan fingerprint density at radius 3 is 2.40 bits per heavy atom. The number of esters is 1. The van der Waals surface area contributed by atoms with Crippen molar-refractivity contribution in [3.63, 3.8) is 0 Å². The van der Waals surface area contributed by atoms with Gasteiger partial charge in [-0.05, 0) is 39.0 Å². The van der Waals surface area contributed by atoms with Gasteiger partial charge in [0.25, 0.3) is 0 Å². The number of carbonyl (C=O) groups is 2. The number of nitrogens with zero attached hydrogens (tertiary/aromatic N) is 3. The number of morpholine rings is 1. The van der Waals surface area contributed by atoms with Crippen LogP contribution in [-0.2, 0) is 19.1 Å². The summed E-state index contributed by atoms with van der Waals surface area (Å²) in [6, 6.07) is 5.82. The van der Waals surface area contributed by atoms with Crippen molar-refractivity contribution in [1.29, 1.82) is 0 Å². The molecule has 218 valence electrons. The fourth-order valence-corrected chi connectivity index (χ4v) is 3.92. The van der Waals surface area contributed by atoms with Crippen LogP contribution in [0.4, 0.5) is 4.39 Å². The lowest BCUT2D eigenvalue weighted by molar-refractivity contribution is -0.136. The molecule has 1 saturated heterocycles. The Morgan fingerprint density at radius 2 is 1.95 bits per heavy atom. The summed E-state index contributed by atoms with van der Waals surface area (Å²) in [5, 5.41) is 14.2. The predicted molar refractivity (Wildman–Crippen MR) is 157 cm³/mol. The van der Waals surface area contributed by atoms with Crippen LogP contribution < -0.4 is 5.32 Å². The molecule has 0 saturated carbocycles. The second-order valence-corrected chi connectivity index (χ2v) is 9.90. The standard InChI is InChI=1S/C15H20N4O3S.C6H4ClF.C4H8.C3H4O2/c1-10-9-23-14(17-10)13-16-7-11(15(20)21-2)12(18-13)8-19-3-5-22-6-4-19;7-5-2-1-3-6(8)4-5;1-4(2)3;1-2-3(4)5/h9H,3-8H2,1-2H3,(H,16,18);1-4H;1H2,2-3H3;2H,1H2,(H,4,5). The molecule has 2 aliphatic heterocycles. The number of halogens is 2. The van der Waals surface area contributed by atoms with Crippen molar-refractivity contribution < 1.29 is 28.6 Å². The number of aliphatic imine (C=N–C) groups is 1. The van der Waals surface area contributed by atoms with Crippen LogP contribution in [-0.4, -0.2) is 79.3 Å². The third kappa shape index (κ3) is 14.1. The molecule has 1 aromatic carbocycles. The van der Waals surface area contributed by atoms with Crippen molar-refractivity contribution in [1.82, 2.24) is 15.2 Å². The molecule has 0 atom stereocenters. The number of allylic oxidation sites excluding steroid dienone is 1. The normalized spacial score (nSPS) is 14.4. The van der Waals surface area contributed by atoms with Crippen molar-refractivity contribution in [2.75, 3.05) is 46.5 Å². The maximum absolute atomic E-state index is 12.1. The quantitative estimate of drug-likeness (QED) is 0.286. The average Bonchev–Trinajstić information content (AvgIpc) is 3.35. The third-order valence-electron chi connectivity index (χ3n) is 4.73. The molecule has 0 aliphatic carbocycles. The highest BCUT2D eigenvalue weighted by Gasteiger charge is 2.25. The van der Waals surface area contributed by atoms with Crippen LogP contribution >= 0.6 is 22.9 Å². The largest absolute Gasteiger partial charge is 0.478 e. The number of nitrogens with one attached hydrogen (secondary N) is 1. The SMILES string of the molecule is C=C(C)C.C=CC(=O)O.COC(=O)C1=C(CN2CCOCC2)NC(c2nc(C)cs2)=NC1.Fc1cccc(Cl)c1. The Bertz CT molecular complexity index is 1190. The Kier molecular flexibility index (Phi) is 16.3. The number of carboxylic acids is 1. The van der Waals surface area contributed by atoms with Crippen molar-refractivity contribution in [2.45, 2.75) is 20.8 Å². The van der Waals surface area contributed by atoms with Crippen molar-refractivity contribution in [2.24, 2.45) is 4.99 Å². The lowest BCUT2D eigenvalue weighted by Crippen LogP contribution is -2.42. The van der Waals surface area contributed by atoms with Gasteiger partial charge in [-0.15, -0.1) is 17.9 Å². The van der Waals surface area contributed by atoms with Gasteiger partial charge in [-0.3, -0.25) is 9.89 Å². The molecule has 2 aliphatic rings. The number of ether oxygens (including phenoxy) is 2. The van der Waals surface area contributed by atoms with E-state index in [4.69, 9.17) is 26.2 Å². The number of carboxylic acid groups (broad SMARTS) is 1. The molecule has 3 heterocycles. The maximum Gasteiger partial charge on any atom is 0.337 e. The molecule has 0 bridgehead atoms. The maximum atomic E-state index is 12.1. The summed E-state index contributed by atoms with van der Waals surface area (Å²) >= 11 is 6.95. The van der Waals surface area contributed by atoms with Gasteiger partial charge in [0.2, 0.25) is 0 Å². The number of hydrogen-bond donors (Lipinski definition) is 2. The number of thiazole rings is 1. The smallest absolute Gasteiger partial charge is 0.337 e. The van der Waals surface area contributed by atoms with Gasteiger partial charge in [0, 0.05) is 47.5 Å². The summed E-state index contributed by atoms with van der Waals surface area (Å²) in [5.41, 5.74) is 3.56. The molecule has 1 fully saturated rings. The van der Waals surface area contributed by atoms with E-state index in [9.17, 15) is 14.0 Å². The Morgan fingerprint density at radius 1 is 1.32 bits per heavy atom. The first kappa shape index (κ1) is 34.6. The van der Waals surface area contributed by atoms with E-state index in [0.29, 0.717) is 36.9 Å². The van der Waals surface area contributed by atoms with E-state index in [2.05, 4.69) is 33.4 Å². The summed E-state index contributed by atoms with van der Waals surface area (Å²) in [6.45, 7) is 16.5. The van der Waals surface area contributed by atoms with E-state index < -0.39 is 5.97 Å². The van der Waals surface area contributed by atoms with Gasteiger partial charge in [-0.25, -0.2) is 19.0 Å². The van der Waals surface area contributed by atoms with Crippen LogP contribution in [0.15, 0.2) is 70.7 Å². The van der Waals surface area contributed by atoms with Crippen LogP contribution in [0, 0.1) is 12.7 Å². The topological polar surface area (TPSA) is 113 Å². The zero-order valence-electron chi connectivity index (χ0n) is 23.2. The lowest BCUT2D eigenvalue weighted by atomic mass is 10.1. The van der Waals surface area contributed by atoms with Crippen LogP contribution in [0.5, 0.6) is 0 Å². The number of benzene rings is 1. The molecule has 2 N–H and O–H groups in total. The summed E-state index contributed by atoms with van der Waals surface area (Å²) in [5.74, 6) is -0.889. The number of methoxy groups -OCH3 is 1. The van der Waals surface area contributed by atoms with E-state index in [1.165, 1.54) is 24.8 Å². The van der Waals surface area contributed by atoms with Gasteiger partial charge in [0.1, 0.15) is 5.82 Å². The van der Waals surface area contributed by atoms with Crippen molar-refractivity contribution in [3.05, 3.63) is 87.3 Å². The molecule has 0 spiro atoms. The number of aliphatic carboxylic acids is 1. The summed E-state index contributed by atoms with van der Waals surface area (Å²) in [4.78, 5) is 32.4. The molecule has 1 aromatic heterocycles. The monoisotopic (exact) mass is 594 g/mol. The predicted octanol–water partition coefficient (Wildman–Crippen LogP) is 4.88. The van der Waals surface area contributed by atoms with Gasteiger partial charge in [0.05, 0.1) is 32.4 Å². The number of hydrogen-bond acceptors (Lipinski definition) is 9. The first-order valence-corrected chi connectivity index (χ1v) is 13.5. The highest BCUT2D eigenvalue weighted by Crippen LogP contribution is 2.17. The number of aryl methyl sites for hydroxylation is 1. The molecule has 12 heteroatoms. The van der Waals surface area contributed by atoms with E-state index in [1.54, 1.807) is 23.5 Å². The molecule has 4 rings (SSSR count). The minimum atomic E-state index is -0.981. The fraction of sp³-hybridized carbons (Fsp3) is 0.357. The highest BCUT2D eigenvalue weighted by molar-refractivity contribution is 7.11. The first-order chi connectivity index (χ1) is 19.0. The zero-order chi connectivity index (χ0) is 30.1. The number of carbonyl (C=O) groups excluding carboxylic acids is 1. The van der Waals surface area contributed by atoms with Gasteiger partial charge >= 0.3 is 11.9 Å². The average molecular weight is 595 g/mol. The summed E-state index contributed by atoms with van der Waals surface area (Å²) < 4.78 is 22.4. The molecule has 0 amide bonds. The van der Waals surface area contributed by atoms with Gasteiger partial charge < -0.3 is 19.9 Å². The zero-order valence-corrected chi connectivity index (χ0v) is 24.8. The molecule has 9 nitrogen and oxygen atoms in total. The van der Waals surface area contributed by atoms with E-state index in [0.717, 1.165) is 41.4 Å². The lowest BCUT2D eigenvalue weighted by Gasteiger charge is -2.29. The van der Waals surface area contributed by atoms with Crippen LogP contribution in [0.1, 0.15) is 24.5 Å². The summed E-state index contributed by atoms with van der Waals surface area (Å²) in [6.07, 6.45) is 0.833. The highest BCUT2D eigenvalue weighted by atomic mass is 35.5.